The average molecular weight is 253 g/mol. The molecule has 0 aliphatic rings. The van der Waals surface area contributed by atoms with Gasteiger partial charge in [0.1, 0.15) is 0 Å². The minimum Gasteiger partial charge on any atom is -0.304 e. The molecule has 0 saturated carbocycles. The Morgan fingerprint density at radius 1 is 1.38 bits per heavy atom. The Morgan fingerprint density at radius 2 is 2.19 bits per heavy atom. The van der Waals surface area contributed by atoms with Crippen LogP contribution in [-0.2, 0) is 6.54 Å². The molecule has 0 aliphatic carbocycles. The maximum Gasteiger partial charge on any atom is 0.0897 e. The van der Waals surface area contributed by atoms with Crippen LogP contribution in [0.4, 0.5) is 0 Å². The monoisotopic (exact) mass is 253 g/mol. The molecule has 86 valence electrons. The summed E-state index contributed by atoms with van der Waals surface area (Å²) in [7, 11) is 0. The van der Waals surface area contributed by atoms with Gasteiger partial charge in [-0.15, -0.1) is 22.7 Å². The molecule has 3 nitrogen and oxygen atoms in total. The lowest BCUT2D eigenvalue weighted by molar-refractivity contribution is 0.583. The fourth-order valence-corrected chi connectivity index (χ4v) is 3.14. The fourth-order valence-electron chi connectivity index (χ4n) is 1.56. The van der Waals surface area contributed by atoms with Gasteiger partial charge >= 0.3 is 0 Å². The highest BCUT2D eigenvalue weighted by Gasteiger charge is 2.10. The maximum atomic E-state index is 4.27. The van der Waals surface area contributed by atoms with Gasteiger partial charge < -0.3 is 5.32 Å². The first-order valence-corrected chi connectivity index (χ1v) is 6.91. The van der Waals surface area contributed by atoms with Gasteiger partial charge in [-0.05, 0) is 20.8 Å². The number of nitrogens with one attached hydrogen (secondary N) is 1. The van der Waals surface area contributed by atoms with Crippen molar-refractivity contribution in [2.75, 3.05) is 0 Å². The van der Waals surface area contributed by atoms with Gasteiger partial charge in [-0.1, -0.05) is 0 Å². The molecule has 2 aromatic heterocycles. The van der Waals surface area contributed by atoms with Crippen LogP contribution in [0.2, 0.25) is 0 Å². The number of hydrogen-bond donors (Lipinski definition) is 1. The third kappa shape index (κ3) is 2.66. The molecule has 0 radical (unpaired) electrons. The second-order valence-corrected chi connectivity index (χ2v) is 5.96. The highest BCUT2D eigenvalue weighted by atomic mass is 32.1. The smallest absolute Gasteiger partial charge is 0.0897 e. The van der Waals surface area contributed by atoms with Crippen molar-refractivity contribution in [1.29, 1.82) is 0 Å². The van der Waals surface area contributed by atoms with Gasteiger partial charge in [-0.2, -0.15) is 0 Å². The number of nitrogens with zero attached hydrogens (tertiary/aromatic N) is 2. The summed E-state index contributed by atoms with van der Waals surface area (Å²) in [6.07, 6.45) is 1.94. The van der Waals surface area contributed by atoms with Crippen molar-refractivity contribution in [3.05, 3.63) is 32.2 Å². The highest BCUT2D eigenvalue weighted by Crippen LogP contribution is 2.22. The normalized spacial score (nSPS) is 12.9. The predicted octanol–water partition coefficient (Wildman–Crippen LogP) is 3.07. The van der Waals surface area contributed by atoms with Gasteiger partial charge in [-0.3, -0.25) is 0 Å². The molecule has 16 heavy (non-hydrogen) atoms. The first kappa shape index (κ1) is 11.7. The lowest BCUT2D eigenvalue weighted by Gasteiger charge is -2.11. The van der Waals surface area contributed by atoms with Crippen LogP contribution in [0.25, 0.3) is 0 Å². The average Bonchev–Trinajstić information content (AvgIpc) is 2.84. The molecular formula is C11H15N3S2. The van der Waals surface area contributed by atoms with E-state index in [4.69, 9.17) is 0 Å². The Balaban J connectivity index is 1.93. The first-order chi connectivity index (χ1) is 7.66. The van der Waals surface area contributed by atoms with Crippen molar-refractivity contribution >= 4 is 22.7 Å². The van der Waals surface area contributed by atoms with Gasteiger partial charge in [0.25, 0.3) is 0 Å². The Labute approximate surface area is 104 Å². The highest BCUT2D eigenvalue weighted by molar-refractivity contribution is 7.11. The molecule has 1 unspecified atom stereocenters. The van der Waals surface area contributed by atoms with Gasteiger partial charge in [0.2, 0.25) is 0 Å². The summed E-state index contributed by atoms with van der Waals surface area (Å²) in [4.78, 5) is 11.1. The molecule has 1 N–H and O–H groups in total. The lowest BCUT2D eigenvalue weighted by atomic mass is 10.2. The predicted molar refractivity (Wildman–Crippen MR) is 69.0 cm³/mol. The van der Waals surface area contributed by atoms with Crippen LogP contribution in [0.15, 0.2) is 11.7 Å². The summed E-state index contributed by atoms with van der Waals surface area (Å²) in [5.74, 6) is 0. The molecule has 0 amide bonds. The lowest BCUT2D eigenvalue weighted by Crippen LogP contribution is -2.17. The van der Waals surface area contributed by atoms with Crippen LogP contribution < -0.4 is 5.32 Å². The zero-order valence-electron chi connectivity index (χ0n) is 9.65. The number of rotatable bonds is 4. The van der Waals surface area contributed by atoms with Gasteiger partial charge in [-0.25, -0.2) is 9.97 Å². The molecule has 0 aromatic carbocycles. The van der Waals surface area contributed by atoms with E-state index in [0.29, 0.717) is 6.04 Å². The number of thiazole rings is 2. The van der Waals surface area contributed by atoms with E-state index in [9.17, 15) is 0 Å². The molecule has 1 atom stereocenters. The SMILES string of the molecule is Cc1ncc(CNC(C)c2scnc2C)s1. The summed E-state index contributed by atoms with van der Waals surface area (Å²) < 4.78 is 0. The van der Waals surface area contributed by atoms with E-state index < -0.39 is 0 Å². The number of hydrogen-bond acceptors (Lipinski definition) is 5. The molecule has 0 aliphatic heterocycles. The van der Waals surface area contributed by atoms with E-state index in [1.165, 1.54) is 9.75 Å². The van der Waals surface area contributed by atoms with E-state index in [1.807, 2.05) is 18.6 Å². The zero-order valence-corrected chi connectivity index (χ0v) is 11.3. The van der Waals surface area contributed by atoms with Crippen molar-refractivity contribution in [2.45, 2.75) is 33.4 Å². The van der Waals surface area contributed by atoms with Gasteiger partial charge in [0, 0.05) is 28.5 Å². The topological polar surface area (TPSA) is 37.8 Å². The van der Waals surface area contributed by atoms with Crippen LogP contribution in [0.3, 0.4) is 0 Å². The van der Waals surface area contributed by atoms with E-state index in [1.54, 1.807) is 22.7 Å². The van der Waals surface area contributed by atoms with E-state index in [0.717, 1.165) is 17.2 Å². The second kappa shape index (κ2) is 5.03. The molecule has 2 heterocycles. The van der Waals surface area contributed by atoms with Gasteiger partial charge in [0.15, 0.2) is 0 Å². The quantitative estimate of drug-likeness (QED) is 0.910. The summed E-state index contributed by atoms with van der Waals surface area (Å²) in [5, 5.41) is 4.62. The summed E-state index contributed by atoms with van der Waals surface area (Å²) in [6.45, 7) is 7.14. The van der Waals surface area contributed by atoms with Crippen LogP contribution >= 0.6 is 22.7 Å². The van der Waals surface area contributed by atoms with Gasteiger partial charge in [0.05, 0.1) is 16.2 Å². The third-order valence-electron chi connectivity index (χ3n) is 2.43. The Kier molecular flexibility index (Phi) is 3.68. The first-order valence-electron chi connectivity index (χ1n) is 5.21. The Morgan fingerprint density at radius 3 is 2.75 bits per heavy atom. The number of aromatic nitrogens is 2. The largest absolute Gasteiger partial charge is 0.304 e. The number of aryl methyl sites for hydroxylation is 2. The van der Waals surface area contributed by atoms with Crippen molar-refractivity contribution < 1.29 is 0 Å². The molecule has 0 spiro atoms. The van der Waals surface area contributed by atoms with E-state index >= 15 is 0 Å². The summed E-state index contributed by atoms with van der Waals surface area (Å²) >= 11 is 3.46. The summed E-state index contributed by atoms with van der Waals surface area (Å²) in [6, 6.07) is 0.356. The second-order valence-electron chi connectivity index (χ2n) is 3.75. The van der Waals surface area contributed by atoms with Crippen LogP contribution in [-0.4, -0.2) is 9.97 Å². The fraction of sp³-hybridized carbons (Fsp3) is 0.455. The molecule has 0 fully saturated rings. The van der Waals surface area contributed by atoms with Crippen molar-refractivity contribution in [1.82, 2.24) is 15.3 Å². The minimum absolute atomic E-state index is 0.356. The minimum atomic E-state index is 0.356. The molecular weight excluding hydrogens is 238 g/mol. The standard InChI is InChI=1S/C11H15N3S2/c1-7(11-8(2)14-6-15-11)12-4-10-5-13-9(3)16-10/h5-7,12H,4H2,1-3H3. The summed E-state index contributed by atoms with van der Waals surface area (Å²) in [5.41, 5.74) is 3.03. The van der Waals surface area contributed by atoms with Crippen molar-refractivity contribution in [3.8, 4) is 0 Å². The van der Waals surface area contributed by atoms with E-state index in [2.05, 4.69) is 29.1 Å². The molecule has 2 aromatic rings. The Hall–Kier alpha value is -0.780. The van der Waals surface area contributed by atoms with Crippen molar-refractivity contribution in [3.63, 3.8) is 0 Å². The molecule has 0 bridgehead atoms. The van der Waals surface area contributed by atoms with Crippen LogP contribution in [0, 0.1) is 13.8 Å². The molecule has 2 rings (SSSR count). The van der Waals surface area contributed by atoms with Crippen molar-refractivity contribution in [2.24, 2.45) is 0 Å². The Bertz CT molecular complexity index is 461. The molecule has 0 saturated heterocycles. The van der Waals surface area contributed by atoms with Crippen LogP contribution in [0.5, 0.6) is 0 Å². The third-order valence-corrected chi connectivity index (χ3v) is 4.45. The van der Waals surface area contributed by atoms with Crippen LogP contribution in [0.1, 0.15) is 33.4 Å². The molecule has 5 heteroatoms. The zero-order chi connectivity index (χ0) is 11.5. The maximum absolute atomic E-state index is 4.27. The van der Waals surface area contributed by atoms with E-state index in [-0.39, 0.29) is 0 Å².